The number of benzene rings is 1. The molecule has 0 fully saturated rings. The Kier molecular flexibility index (Phi) is 4.00. The first kappa shape index (κ1) is 9.45. The summed E-state index contributed by atoms with van der Waals surface area (Å²) in [6.07, 6.45) is 3.93. The lowest BCUT2D eigenvalue weighted by atomic mass is 10.1. The predicted octanol–water partition coefficient (Wildman–Crippen LogP) is 3.14. The lowest BCUT2D eigenvalue weighted by Gasteiger charge is -1.97. The van der Waals surface area contributed by atoms with E-state index in [0.717, 1.165) is 5.56 Å². The van der Waals surface area contributed by atoms with Crippen LogP contribution in [-0.4, -0.2) is 13.3 Å². The zero-order valence-electron chi connectivity index (χ0n) is 6.87. The average Bonchev–Trinajstić information content (AvgIpc) is 2.09. The summed E-state index contributed by atoms with van der Waals surface area (Å²) in [6, 6.07) is 8.17. The van der Waals surface area contributed by atoms with Gasteiger partial charge in [-0.25, -0.2) is 0 Å². The highest BCUT2D eigenvalue weighted by Crippen LogP contribution is 2.09. The molecule has 1 aromatic rings. The maximum atomic E-state index is 3.99. The van der Waals surface area contributed by atoms with E-state index in [1.165, 1.54) is 5.56 Å². The summed E-state index contributed by atoms with van der Waals surface area (Å²) < 4.78 is 2.00. The molecule has 0 heterocycles. The molecule has 0 unspecified atom stereocenters. The van der Waals surface area contributed by atoms with Crippen LogP contribution in [0.25, 0.3) is 6.08 Å². The number of hydrogen-bond acceptors (Lipinski definition) is 1. The lowest BCUT2D eigenvalue weighted by molar-refractivity contribution is 1.46. The third kappa shape index (κ3) is 2.44. The van der Waals surface area contributed by atoms with Crippen molar-refractivity contribution in [2.24, 2.45) is 4.99 Å². The van der Waals surface area contributed by atoms with Gasteiger partial charge < -0.3 is 0 Å². The molecular formula is C10H10IN. The fourth-order valence-electron chi connectivity index (χ4n) is 0.987. The highest BCUT2D eigenvalue weighted by Gasteiger charge is 1.92. The van der Waals surface area contributed by atoms with Gasteiger partial charge in [-0.2, -0.15) is 0 Å². The van der Waals surface area contributed by atoms with Crippen LogP contribution in [0.4, 0.5) is 0 Å². The molecule has 1 rings (SSSR count). The summed E-state index contributed by atoms with van der Waals surface area (Å²) in [4.78, 5) is 3.99. The molecular weight excluding hydrogens is 261 g/mol. The maximum absolute atomic E-state index is 3.99. The number of aliphatic imine (C=N–C) groups is 1. The van der Waals surface area contributed by atoms with E-state index in [4.69, 9.17) is 0 Å². The lowest BCUT2D eigenvalue weighted by Crippen LogP contribution is -1.84. The zero-order valence-corrected chi connectivity index (χ0v) is 9.02. The van der Waals surface area contributed by atoms with E-state index in [9.17, 15) is 0 Å². The van der Waals surface area contributed by atoms with E-state index in [-0.39, 0.29) is 0 Å². The van der Waals surface area contributed by atoms with Crippen LogP contribution >= 0.6 is 22.6 Å². The normalized spacial score (nSPS) is 11.5. The Balaban J connectivity index is 3.08. The first-order valence-corrected chi connectivity index (χ1v) is 4.91. The highest BCUT2D eigenvalue weighted by molar-refractivity contribution is 14.1. The Labute approximate surface area is 86.4 Å². The fourth-order valence-corrected chi connectivity index (χ4v) is 1.37. The average molecular weight is 271 g/mol. The third-order valence-corrected chi connectivity index (χ3v) is 1.87. The smallest absolute Gasteiger partial charge is 0.0287 e. The van der Waals surface area contributed by atoms with E-state index in [0.29, 0.717) is 0 Å². The molecule has 1 aromatic carbocycles. The van der Waals surface area contributed by atoms with Gasteiger partial charge in [0.25, 0.3) is 0 Å². The molecule has 0 aromatic heterocycles. The molecule has 0 radical (unpaired) electrons. The summed E-state index contributed by atoms with van der Waals surface area (Å²) in [6.45, 7) is 0. The highest BCUT2D eigenvalue weighted by atomic mass is 127. The zero-order chi connectivity index (χ0) is 8.81. The van der Waals surface area contributed by atoms with Crippen molar-refractivity contribution in [1.29, 1.82) is 0 Å². The van der Waals surface area contributed by atoms with Crippen LogP contribution in [0, 0.1) is 0 Å². The van der Waals surface area contributed by atoms with Crippen LogP contribution in [0.2, 0.25) is 0 Å². The molecule has 1 nitrogen and oxygen atoms in total. The fraction of sp³-hybridized carbons (Fsp3) is 0.100. The first-order valence-electron chi connectivity index (χ1n) is 3.66. The Morgan fingerprint density at radius 3 is 2.50 bits per heavy atom. The maximum Gasteiger partial charge on any atom is 0.0287 e. The molecule has 0 amide bonds. The minimum atomic E-state index is 1.16. The summed E-state index contributed by atoms with van der Waals surface area (Å²) in [5.74, 6) is 0. The molecule has 0 saturated carbocycles. The second-order valence-electron chi connectivity index (χ2n) is 2.31. The van der Waals surface area contributed by atoms with Crippen molar-refractivity contribution in [3.63, 3.8) is 0 Å². The Hall–Kier alpha value is -0.640. The van der Waals surface area contributed by atoms with Crippen molar-refractivity contribution in [1.82, 2.24) is 0 Å². The molecule has 62 valence electrons. The van der Waals surface area contributed by atoms with E-state index in [2.05, 4.69) is 45.8 Å². The molecule has 0 atom stereocenters. The first-order chi connectivity index (χ1) is 5.88. The Morgan fingerprint density at radius 1 is 1.25 bits per heavy atom. The molecule has 0 N–H and O–H groups in total. The van der Waals surface area contributed by atoms with E-state index < -0.39 is 0 Å². The molecule has 0 bridgehead atoms. The van der Waals surface area contributed by atoms with E-state index in [1.54, 1.807) is 7.05 Å². The Morgan fingerprint density at radius 2 is 1.92 bits per heavy atom. The van der Waals surface area contributed by atoms with Gasteiger partial charge in [0.2, 0.25) is 0 Å². The third-order valence-electron chi connectivity index (χ3n) is 1.51. The van der Waals surface area contributed by atoms with Gasteiger partial charge in [-0.15, -0.1) is 0 Å². The molecule has 0 aliphatic heterocycles. The molecule has 0 saturated heterocycles. The van der Waals surface area contributed by atoms with Gasteiger partial charge >= 0.3 is 0 Å². The van der Waals surface area contributed by atoms with Crippen LogP contribution in [0.3, 0.4) is 0 Å². The van der Waals surface area contributed by atoms with Crippen LogP contribution < -0.4 is 0 Å². The quantitative estimate of drug-likeness (QED) is 0.579. The molecule has 0 aliphatic rings. The van der Waals surface area contributed by atoms with Crippen molar-refractivity contribution in [2.75, 3.05) is 7.05 Å². The van der Waals surface area contributed by atoms with Gasteiger partial charge in [-0.1, -0.05) is 46.9 Å². The van der Waals surface area contributed by atoms with E-state index >= 15 is 0 Å². The topological polar surface area (TPSA) is 12.4 Å². The Bertz CT molecular complexity index is 271. The van der Waals surface area contributed by atoms with Crippen molar-refractivity contribution >= 4 is 34.9 Å². The summed E-state index contributed by atoms with van der Waals surface area (Å²) in [5.41, 5.74) is 2.37. The van der Waals surface area contributed by atoms with E-state index in [1.807, 2.05) is 22.4 Å². The number of rotatable bonds is 2. The number of hydrogen-bond donors (Lipinski definition) is 0. The second kappa shape index (κ2) is 5.09. The van der Waals surface area contributed by atoms with Gasteiger partial charge in [0.15, 0.2) is 0 Å². The second-order valence-corrected chi connectivity index (χ2v) is 3.03. The molecule has 12 heavy (non-hydrogen) atoms. The van der Waals surface area contributed by atoms with Gasteiger partial charge in [-0.3, -0.25) is 4.99 Å². The van der Waals surface area contributed by atoms with Crippen molar-refractivity contribution in [2.45, 2.75) is 0 Å². The van der Waals surface area contributed by atoms with Crippen LogP contribution in [-0.2, 0) is 0 Å². The van der Waals surface area contributed by atoms with Gasteiger partial charge in [-0.05, 0) is 21.3 Å². The largest absolute Gasteiger partial charge is 0.296 e. The standard InChI is InChI=1S/C10H10IN/c1-12-8-10-5-3-2-4-9(10)6-7-11/h2-8H,1H3/b7-6-,12-8?. The van der Waals surface area contributed by atoms with Gasteiger partial charge in [0, 0.05) is 13.3 Å². The minimum Gasteiger partial charge on any atom is -0.296 e. The van der Waals surface area contributed by atoms with Crippen LogP contribution in [0.1, 0.15) is 11.1 Å². The monoisotopic (exact) mass is 271 g/mol. The SMILES string of the molecule is CN=Cc1ccccc1/C=C\I. The molecule has 0 spiro atoms. The van der Waals surface area contributed by atoms with Gasteiger partial charge in [0.1, 0.15) is 0 Å². The van der Waals surface area contributed by atoms with Gasteiger partial charge in [0.05, 0.1) is 0 Å². The van der Waals surface area contributed by atoms with Crippen molar-refractivity contribution < 1.29 is 0 Å². The minimum absolute atomic E-state index is 1.16. The van der Waals surface area contributed by atoms with Crippen LogP contribution in [0.15, 0.2) is 33.3 Å². The summed E-state index contributed by atoms with van der Waals surface area (Å²) >= 11 is 2.21. The molecule has 2 heteroatoms. The van der Waals surface area contributed by atoms with Crippen molar-refractivity contribution in [3.8, 4) is 0 Å². The number of halogens is 1. The summed E-state index contributed by atoms with van der Waals surface area (Å²) in [7, 11) is 1.78. The number of nitrogens with zero attached hydrogens (tertiary/aromatic N) is 1. The van der Waals surface area contributed by atoms with Crippen molar-refractivity contribution in [3.05, 3.63) is 39.5 Å². The van der Waals surface area contributed by atoms with Crippen LogP contribution in [0.5, 0.6) is 0 Å². The summed E-state index contributed by atoms with van der Waals surface area (Å²) in [5, 5.41) is 0. The molecule has 0 aliphatic carbocycles. The predicted molar refractivity (Wildman–Crippen MR) is 63.0 cm³/mol.